The van der Waals surface area contributed by atoms with Crippen LogP contribution in [0, 0.1) is 5.82 Å². The predicted octanol–water partition coefficient (Wildman–Crippen LogP) is 2.21. The Morgan fingerprint density at radius 3 is 2.69 bits per heavy atom. The molecular formula is C9H12ClFN2O2S. The zero-order valence-electron chi connectivity index (χ0n) is 8.63. The van der Waals surface area contributed by atoms with Crippen LogP contribution in [0.15, 0.2) is 12.1 Å². The fraction of sp³-hybridized carbons (Fsp3) is 0.333. The van der Waals surface area contributed by atoms with Crippen molar-refractivity contribution in [1.29, 1.82) is 0 Å². The summed E-state index contributed by atoms with van der Waals surface area (Å²) in [6, 6.07) is 2.40. The highest BCUT2D eigenvalue weighted by molar-refractivity contribution is 7.92. The summed E-state index contributed by atoms with van der Waals surface area (Å²) in [7, 11) is -3.54. The number of sulfonamides is 1. The van der Waals surface area contributed by atoms with Crippen LogP contribution in [-0.4, -0.2) is 14.2 Å². The van der Waals surface area contributed by atoms with Gasteiger partial charge in [-0.1, -0.05) is 18.5 Å². The molecule has 0 unspecified atom stereocenters. The molecule has 0 aromatic heterocycles. The van der Waals surface area contributed by atoms with Crippen LogP contribution in [0.2, 0.25) is 5.02 Å². The number of nitrogen functional groups attached to an aromatic ring is 1. The largest absolute Gasteiger partial charge is 0.396 e. The van der Waals surface area contributed by atoms with E-state index in [1.54, 1.807) is 6.92 Å². The van der Waals surface area contributed by atoms with Crippen LogP contribution in [0.5, 0.6) is 0 Å². The summed E-state index contributed by atoms with van der Waals surface area (Å²) in [4.78, 5) is 0. The van der Waals surface area contributed by atoms with E-state index in [1.807, 2.05) is 0 Å². The summed E-state index contributed by atoms with van der Waals surface area (Å²) in [5, 5.41) is 0.174. The fourth-order valence-electron chi connectivity index (χ4n) is 1.17. The Hall–Kier alpha value is -1.01. The van der Waals surface area contributed by atoms with Crippen LogP contribution >= 0.6 is 11.6 Å². The number of hydrogen-bond donors (Lipinski definition) is 2. The molecule has 0 saturated carbocycles. The van der Waals surface area contributed by atoms with E-state index in [0.717, 1.165) is 0 Å². The maximum atomic E-state index is 13.4. The third-order valence-corrected chi connectivity index (χ3v) is 3.50. The lowest BCUT2D eigenvalue weighted by molar-refractivity contribution is 0.597. The van der Waals surface area contributed by atoms with Gasteiger partial charge in [0.2, 0.25) is 10.0 Å². The third-order valence-electron chi connectivity index (χ3n) is 1.80. The zero-order chi connectivity index (χ0) is 12.3. The molecule has 7 heteroatoms. The lowest BCUT2D eigenvalue weighted by Gasteiger charge is -2.09. The molecule has 0 heterocycles. The SMILES string of the molecule is CCCS(=O)(=O)Nc1cc(Cl)cc(N)c1F. The van der Waals surface area contributed by atoms with Gasteiger partial charge in [-0.2, -0.15) is 0 Å². The molecule has 3 N–H and O–H groups in total. The van der Waals surface area contributed by atoms with Crippen molar-refractivity contribution in [3.05, 3.63) is 23.0 Å². The highest BCUT2D eigenvalue weighted by atomic mass is 35.5. The number of halogens is 2. The van der Waals surface area contributed by atoms with Crippen LogP contribution in [0.3, 0.4) is 0 Å². The monoisotopic (exact) mass is 266 g/mol. The Balaban J connectivity index is 3.07. The van der Waals surface area contributed by atoms with Crippen LogP contribution in [0.4, 0.5) is 15.8 Å². The molecule has 0 bridgehead atoms. The summed E-state index contributed by atoms with van der Waals surface area (Å²) in [5.41, 5.74) is 4.90. The number of rotatable bonds is 4. The van der Waals surface area contributed by atoms with E-state index in [2.05, 4.69) is 4.72 Å². The van der Waals surface area contributed by atoms with Gasteiger partial charge in [0.15, 0.2) is 5.82 Å². The first-order valence-electron chi connectivity index (χ1n) is 4.60. The Morgan fingerprint density at radius 1 is 1.50 bits per heavy atom. The molecule has 0 saturated heterocycles. The van der Waals surface area contributed by atoms with E-state index >= 15 is 0 Å². The van der Waals surface area contributed by atoms with Crippen molar-refractivity contribution in [2.45, 2.75) is 13.3 Å². The Labute approximate surface area is 98.6 Å². The molecule has 90 valence electrons. The van der Waals surface area contributed by atoms with Crippen molar-refractivity contribution in [2.24, 2.45) is 0 Å². The molecule has 0 fully saturated rings. The molecule has 0 aliphatic rings. The smallest absolute Gasteiger partial charge is 0.232 e. The van der Waals surface area contributed by atoms with Gasteiger partial charge in [-0.15, -0.1) is 0 Å². The van der Waals surface area contributed by atoms with Crippen LogP contribution in [-0.2, 0) is 10.0 Å². The summed E-state index contributed by atoms with van der Waals surface area (Å²) in [6.07, 6.45) is 0.438. The van der Waals surface area contributed by atoms with Crippen molar-refractivity contribution >= 4 is 33.0 Å². The van der Waals surface area contributed by atoms with Gasteiger partial charge in [0.1, 0.15) is 0 Å². The molecule has 0 spiro atoms. The molecule has 1 rings (SSSR count). The predicted molar refractivity (Wildman–Crippen MR) is 63.5 cm³/mol. The van der Waals surface area contributed by atoms with E-state index in [0.29, 0.717) is 6.42 Å². The lowest BCUT2D eigenvalue weighted by Crippen LogP contribution is -2.17. The van der Waals surface area contributed by atoms with E-state index in [4.69, 9.17) is 17.3 Å². The van der Waals surface area contributed by atoms with Crippen LogP contribution in [0.25, 0.3) is 0 Å². The Kier molecular flexibility index (Phi) is 3.98. The number of benzene rings is 1. The first-order valence-corrected chi connectivity index (χ1v) is 6.63. The van der Waals surface area contributed by atoms with Gasteiger partial charge >= 0.3 is 0 Å². The molecular weight excluding hydrogens is 255 g/mol. The number of hydrogen-bond acceptors (Lipinski definition) is 3. The van der Waals surface area contributed by atoms with E-state index in [1.165, 1.54) is 12.1 Å². The molecule has 0 radical (unpaired) electrons. The minimum absolute atomic E-state index is 0.0845. The average molecular weight is 267 g/mol. The van der Waals surface area contributed by atoms with Gasteiger partial charge in [0, 0.05) is 5.02 Å². The second-order valence-electron chi connectivity index (χ2n) is 3.28. The minimum Gasteiger partial charge on any atom is -0.396 e. The molecule has 0 atom stereocenters. The lowest BCUT2D eigenvalue weighted by atomic mass is 10.3. The maximum absolute atomic E-state index is 13.4. The average Bonchev–Trinajstić information content (AvgIpc) is 2.12. The Bertz CT molecular complexity index is 491. The fourth-order valence-corrected chi connectivity index (χ4v) is 2.52. The first kappa shape index (κ1) is 13.1. The summed E-state index contributed by atoms with van der Waals surface area (Å²) >= 11 is 5.65. The molecule has 4 nitrogen and oxygen atoms in total. The van der Waals surface area contributed by atoms with Gasteiger partial charge in [-0.05, 0) is 18.6 Å². The van der Waals surface area contributed by atoms with Crippen molar-refractivity contribution in [1.82, 2.24) is 0 Å². The van der Waals surface area contributed by atoms with Crippen molar-refractivity contribution < 1.29 is 12.8 Å². The van der Waals surface area contributed by atoms with Gasteiger partial charge in [0.05, 0.1) is 17.1 Å². The van der Waals surface area contributed by atoms with Crippen molar-refractivity contribution in [2.75, 3.05) is 16.2 Å². The van der Waals surface area contributed by atoms with Crippen LogP contribution < -0.4 is 10.5 Å². The molecule has 1 aromatic carbocycles. The molecule has 0 aliphatic carbocycles. The Morgan fingerprint density at radius 2 is 2.12 bits per heavy atom. The van der Waals surface area contributed by atoms with Crippen LogP contribution in [0.1, 0.15) is 13.3 Å². The van der Waals surface area contributed by atoms with Crippen molar-refractivity contribution in [3.8, 4) is 0 Å². The van der Waals surface area contributed by atoms with Gasteiger partial charge in [-0.3, -0.25) is 4.72 Å². The van der Waals surface area contributed by atoms with E-state index in [-0.39, 0.29) is 22.2 Å². The maximum Gasteiger partial charge on any atom is 0.232 e. The topological polar surface area (TPSA) is 72.2 Å². The standard InChI is InChI=1S/C9H12ClFN2O2S/c1-2-3-16(14,15)13-8-5-6(10)4-7(12)9(8)11/h4-5,13H,2-3,12H2,1H3. The summed E-state index contributed by atoms with van der Waals surface area (Å²) in [6.45, 7) is 1.71. The molecule has 0 amide bonds. The number of nitrogens with one attached hydrogen (secondary N) is 1. The first-order chi connectivity index (χ1) is 7.35. The van der Waals surface area contributed by atoms with E-state index < -0.39 is 15.8 Å². The highest BCUT2D eigenvalue weighted by Crippen LogP contribution is 2.26. The molecule has 16 heavy (non-hydrogen) atoms. The summed E-state index contributed by atoms with van der Waals surface area (Å²) in [5.74, 6) is -0.900. The van der Waals surface area contributed by atoms with Crippen molar-refractivity contribution in [3.63, 3.8) is 0 Å². The minimum atomic E-state index is -3.54. The summed E-state index contributed by atoms with van der Waals surface area (Å²) < 4.78 is 38.4. The normalized spacial score (nSPS) is 11.4. The van der Waals surface area contributed by atoms with Gasteiger partial charge < -0.3 is 5.73 Å². The quantitative estimate of drug-likeness (QED) is 0.821. The van der Waals surface area contributed by atoms with E-state index in [9.17, 15) is 12.8 Å². The number of nitrogens with two attached hydrogens (primary N) is 1. The zero-order valence-corrected chi connectivity index (χ0v) is 10.2. The number of anilines is 2. The van der Waals surface area contributed by atoms with Gasteiger partial charge in [0.25, 0.3) is 0 Å². The third kappa shape index (κ3) is 3.24. The molecule has 0 aliphatic heterocycles. The van der Waals surface area contributed by atoms with Gasteiger partial charge in [-0.25, -0.2) is 12.8 Å². The highest BCUT2D eigenvalue weighted by Gasteiger charge is 2.14. The molecule has 1 aromatic rings. The second-order valence-corrected chi connectivity index (χ2v) is 5.56. The second kappa shape index (κ2) is 4.88.